The van der Waals surface area contributed by atoms with Crippen LogP contribution in [0.25, 0.3) is 0 Å². The number of aliphatic carboxylic acids is 1. The van der Waals surface area contributed by atoms with E-state index < -0.39 is 10.3 Å². The molecule has 0 aliphatic carbocycles. The Balaban J connectivity index is 1.97. The number of carbonyl (C=O) groups is 1. The SMILES string of the molecule is O=C(O)C(Cl)(Cl)CCCCCCCCc1ccccc1. The Morgan fingerprint density at radius 2 is 1.50 bits per heavy atom. The number of benzene rings is 1. The van der Waals surface area contributed by atoms with Crippen LogP contribution in [0.5, 0.6) is 0 Å². The lowest BCUT2D eigenvalue weighted by molar-refractivity contribution is -0.138. The molecular formula is C16H22Cl2O2. The summed E-state index contributed by atoms with van der Waals surface area (Å²) in [5.41, 5.74) is 1.39. The van der Waals surface area contributed by atoms with Crippen molar-refractivity contribution in [3.8, 4) is 0 Å². The van der Waals surface area contributed by atoms with Crippen molar-refractivity contribution in [2.24, 2.45) is 0 Å². The van der Waals surface area contributed by atoms with E-state index in [-0.39, 0.29) is 0 Å². The second kappa shape index (κ2) is 9.25. The number of aryl methyl sites for hydroxylation is 1. The predicted octanol–water partition coefficient (Wildman–Crippen LogP) is 5.22. The highest BCUT2D eigenvalue weighted by atomic mass is 35.5. The third-order valence-electron chi connectivity index (χ3n) is 3.36. The summed E-state index contributed by atoms with van der Waals surface area (Å²) in [7, 11) is 0. The Hall–Kier alpha value is -0.730. The molecule has 1 N–H and O–H groups in total. The lowest BCUT2D eigenvalue weighted by Crippen LogP contribution is -2.25. The molecule has 1 aromatic carbocycles. The molecule has 20 heavy (non-hydrogen) atoms. The van der Waals surface area contributed by atoms with Gasteiger partial charge >= 0.3 is 5.97 Å². The molecule has 0 amide bonds. The first-order valence-electron chi connectivity index (χ1n) is 7.17. The van der Waals surface area contributed by atoms with E-state index in [1.165, 1.54) is 24.8 Å². The number of alkyl halides is 2. The van der Waals surface area contributed by atoms with Crippen LogP contribution in [0.2, 0.25) is 0 Å². The van der Waals surface area contributed by atoms with Gasteiger partial charge in [-0.3, -0.25) is 0 Å². The fraction of sp³-hybridized carbons (Fsp3) is 0.562. The van der Waals surface area contributed by atoms with Crippen molar-refractivity contribution >= 4 is 29.2 Å². The van der Waals surface area contributed by atoms with Gasteiger partial charge in [-0.1, -0.05) is 79.2 Å². The molecular weight excluding hydrogens is 295 g/mol. The van der Waals surface area contributed by atoms with Crippen LogP contribution in [-0.4, -0.2) is 15.4 Å². The van der Waals surface area contributed by atoms with Crippen LogP contribution in [0, 0.1) is 0 Å². The number of hydrogen-bond acceptors (Lipinski definition) is 1. The Morgan fingerprint density at radius 3 is 2.10 bits per heavy atom. The standard InChI is InChI=1S/C16H22Cl2O2/c17-16(18,15(19)20)13-9-4-2-1-3-6-10-14-11-7-5-8-12-14/h5,7-8,11-12H,1-4,6,9-10,13H2,(H,19,20). The summed E-state index contributed by atoms with van der Waals surface area (Å²) in [6.07, 6.45) is 7.89. The van der Waals surface area contributed by atoms with Crippen molar-refractivity contribution < 1.29 is 9.90 Å². The van der Waals surface area contributed by atoms with E-state index in [4.69, 9.17) is 28.3 Å². The number of unbranched alkanes of at least 4 members (excludes halogenated alkanes) is 5. The number of carboxylic acid groups (broad SMARTS) is 1. The smallest absolute Gasteiger partial charge is 0.340 e. The van der Waals surface area contributed by atoms with E-state index in [9.17, 15) is 4.79 Å². The van der Waals surface area contributed by atoms with Crippen LogP contribution in [0.1, 0.15) is 50.5 Å². The number of hydrogen-bond donors (Lipinski definition) is 1. The second-order valence-electron chi connectivity index (χ2n) is 5.12. The topological polar surface area (TPSA) is 37.3 Å². The summed E-state index contributed by atoms with van der Waals surface area (Å²) in [5.74, 6) is -1.15. The van der Waals surface area contributed by atoms with E-state index >= 15 is 0 Å². The van der Waals surface area contributed by atoms with Gasteiger partial charge in [0.2, 0.25) is 4.33 Å². The molecule has 0 bridgehead atoms. The Labute approximate surface area is 131 Å². The zero-order valence-corrected chi connectivity index (χ0v) is 13.2. The van der Waals surface area contributed by atoms with Crippen molar-refractivity contribution in [1.82, 2.24) is 0 Å². The van der Waals surface area contributed by atoms with Gasteiger partial charge in [-0.2, -0.15) is 0 Å². The molecule has 0 atom stereocenters. The first-order chi connectivity index (χ1) is 9.52. The van der Waals surface area contributed by atoms with Gasteiger partial charge in [-0.05, 0) is 31.2 Å². The summed E-state index contributed by atoms with van der Waals surface area (Å²) in [4.78, 5) is 10.7. The van der Waals surface area contributed by atoms with E-state index in [0.717, 1.165) is 25.7 Å². The highest BCUT2D eigenvalue weighted by Gasteiger charge is 2.32. The molecule has 1 aromatic rings. The van der Waals surface area contributed by atoms with Gasteiger partial charge < -0.3 is 5.11 Å². The molecule has 0 fully saturated rings. The fourth-order valence-electron chi connectivity index (χ4n) is 2.13. The summed E-state index contributed by atoms with van der Waals surface area (Å²) in [5, 5.41) is 8.76. The van der Waals surface area contributed by atoms with Crippen LogP contribution in [0.15, 0.2) is 30.3 Å². The molecule has 0 saturated heterocycles. The van der Waals surface area contributed by atoms with Gasteiger partial charge in [0.05, 0.1) is 0 Å². The molecule has 112 valence electrons. The Morgan fingerprint density at radius 1 is 0.950 bits per heavy atom. The molecule has 0 unspecified atom stereocenters. The summed E-state index contributed by atoms with van der Waals surface area (Å²) in [6.45, 7) is 0. The quantitative estimate of drug-likeness (QED) is 0.474. The average molecular weight is 317 g/mol. The maximum atomic E-state index is 10.7. The molecule has 2 nitrogen and oxygen atoms in total. The van der Waals surface area contributed by atoms with Crippen molar-refractivity contribution in [1.29, 1.82) is 0 Å². The third-order valence-corrected chi connectivity index (χ3v) is 4.06. The molecule has 0 radical (unpaired) electrons. The molecule has 0 heterocycles. The average Bonchev–Trinajstić information content (AvgIpc) is 2.42. The Kier molecular flexibility index (Phi) is 8.01. The summed E-state index contributed by atoms with van der Waals surface area (Å²) in [6, 6.07) is 10.5. The molecule has 0 saturated carbocycles. The maximum absolute atomic E-state index is 10.7. The molecule has 0 spiro atoms. The zero-order chi connectivity index (χ0) is 14.8. The number of carboxylic acids is 1. The molecule has 4 heteroatoms. The largest absolute Gasteiger partial charge is 0.479 e. The van der Waals surface area contributed by atoms with Crippen LogP contribution >= 0.6 is 23.2 Å². The van der Waals surface area contributed by atoms with E-state index in [2.05, 4.69) is 24.3 Å². The van der Waals surface area contributed by atoms with E-state index in [0.29, 0.717) is 6.42 Å². The van der Waals surface area contributed by atoms with Crippen LogP contribution in [0.3, 0.4) is 0 Å². The molecule has 1 rings (SSSR count). The fourth-order valence-corrected chi connectivity index (χ4v) is 2.40. The second-order valence-corrected chi connectivity index (χ2v) is 6.60. The normalized spacial score (nSPS) is 11.5. The minimum absolute atomic E-state index is 0.315. The minimum atomic E-state index is -1.62. The van der Waals surface area contributed by atoms with Crippen molar-refractivity contribution in [2.75, 3.05) is 0 Å². The van der Waals surface area contributed by atoms with Crippen LogP contribution in [-0.2, 0) is 11.2 Å². The first kappa shape index (κ1) is 17.3. The Bertz CT molecular complexity index is 391. The van der Waals surface area contributed by atoms with Crippen molar-refractivity contribution in [3.05, 3.63) is 35.9 Å². The van der Waals surface area contributed by atoms with E-state index in [1.807, 2.05) is 6.07 Å². The zero-order valence-electron chi connectivity index (χ0n) is 11.7. The van der Waals surface area contributed by atoms with Gasteiger partial charge in [0.1, 0.15) is 0 Å². The van der Waals surface area contributed by atoms with Gasteiger partial charge in [-0.25, -0.2) is 4.79 Å². The van der Waals surface area contributed by atoms with Gasteiger partial charge in [0.25, 0.3) is 0 Å². The van der Waals surface area contributed by atoms with Crippen molar-refractivity contribution in [3.63, 3.8) is 0 Å². The minimum Gasteiger partial charge on any atom is -0.479 e. The van der Waals surface area contributed by atoms with Crippen molar-refractivity contribution in [2.45, 2.75) is 55.7 Å². The monoisotopic (exact) mass is 316 g/mol. The highest BCUT2D eigenvalue weighted by Crippen LogP contribution is 2.28. The lowest BCUT2D eigenvalue weighted by Gasteiger charge is -2.13. The van der Waals surface area contributed by atoms with Crippen LogP contribution < -0.4 is 0 Å². The number of halogens is 2. The number of rotatable bonds is 10. The highest BCUT2D eigenvalue weighted by molar-refractivity contribution is 6.57. The molecule has 0 aromatic heterocycles. The van der Waals surface area contributed by atoms with Gasteiger partial charge in [-0.15, -0.1) is 0 Å². The molecule has 0 aliphatic rings. The summed E-state index contributed by atoms with van der Waals surface area (Å²) >= 11 is 11.3. The van der Waals surface area contributed by atoms with Crippen LogP contribution in [0.4, 0.5) is 0 Å². The maximum Gasteiger partial charge on any atom is 0.340 e. The van der Waals surface area contributed by atoms with Gasteiger partial charge in [0.15, 0.2) is 0 Å². The van der Waals surface area contributed by atoms with E-state index in [1.54, 1.807) is 0 Å². The van der Waals surface area contributed by atoms with Gasteiger partial charge in [0, 0.05) is 0 Å². The third kappa shape index (κ3) is 7.16. The lowest BCUT2D eigenvalue weighted by atomic mass is 10.0. The first-order valence-corrected chi connectivity index (χ1v) is 7.93. The summed E-state index contributed by atoms with van der Waals surface area (Å²) < 4.78 is -1.62. The predicted molar refractivity (Wildman–Crippen MR) is 84.5 cm³/mol. The molecule has 0 aliphatic heterocycles.